The zero-order valence-electron chi connectivity index (χ0n) is 11.7. The van der Waals surface area contributed by atoms with Gasteiger partial charge in [0.15, 0.2) is 0 Å². The van der Waals surface area contributed by atoms with Gasteiger partial charge in [0, 0.05) is 26.2 Å². The third kappa shape index (κ3) is 3.81. The van der Waals surface area contributed by atoms with E-state index in [1.54, 1.807) is 0 Å². The molecule has 0 aromatic carbocycles. The molecule has 1 aliphatic heterocycles. The molecule has 1 unspecified atom stereocenters. The van der Waals surface area contributed by atoms with E-state index in [9.17, 15) is 0 Å². The van der Waals surface area contributed by atoms with Gasteiger partial charge in [-0.15, -0.1) is 0 Å². The highest BCUT2D eigenvalue weighted by Crippen LogP contribution is 2.23. The van der Waals surface area contributed by atoms with Crippen LogP contribution in [0.15, 0.2) is 12.1 Å². The van der Waals surface area contributed by atoms with Crippen molar-refractivity contribution in [2.75, 3.05) is 31.6 Å². The van der Waals surface area contributed by atoms with Crippen LogP contribution < -0.4 is 10.2 Å². The predicted octanol–water partition coefficient (Wildman–Crippen LogP) is 2.46. The van der Waals surface area contributed by atoms with E-state index in [4.69, 9.17) is 16.3 Å². The molecule has 0 saturated carbocycles. The van der Waals surface area contributed by atoms with Crippen LogP contribution in [-0.4, -0.2) is 37.8 Å². The van der Waals surface area contributed by atoms with Gasteiger partial charge in [0.05, 0.1) is 16.8 Å². The number of ether oxygens (including phenoxy) is 1. The van der Waals surface area contributed by atoms with Crippen LogP contribution in [0.2, 0.25) is 5.02 Å². The van der Waals surface area contributed by atoms with Crippen LogP contribution >= 0.6 is 11.6 Å². The number of hydrogen-bond acceptors (Lipinski definition) is 4. The van der Waals surface area contributed by atoms with Crippen LogP contribution in [0.3, 0.4) is 0 Å². The van der Waals surface area contributed by atoms with Gasteiger partial charge in [-0.25, -0.2) is 4.98 Å². The molecule has 1 N–H and O–H groups in total. The molecule has 1 fully saturated rings. The smallest absolute Gasteiger partial charge is 0.129 e. The summed E-state index contributed by atoms with van der Waals surface area (Å²) in [5.74, 6) is 0.999. The molecular weight excluding hydrogens is 262 g/mol. The van der Waals surface area contributed by atoms with Crippen molar-refractivity contribution in [2.24, 2.45) is 0 Å². The molecule has 2 rings (SSSR count). The molecule has 2 heterocycles. The Hall–Kier alpha value is -0.840. The Labute approximate surface area is 120 Å². The number of aromatic nitrogens is 1. The molecule has 0 spiro atoms. The fourth-order valence-electron chi connectivity index (χ4n) is 2.46. The van der Waals surface area contributed by atoms with Gasteiger partial charge in [-0.2, -0.15) is 0 Å². The van der Waals surface area contributed by atoms with E-state index in [2.05, 4.69) is 15.2 Å². The maximum Gasteiger partial charge on any atom is 0.129 e. The second-order valence-corrected chi connectivity index (χ2v) is 5.20. The van der Waals surface area contributed by atoms with Gasteiger partial charge in [0.2, 0.25) is 0 Å². The number of nitrogens with one attached hydrogen (secondary N) is 1. The molecule has 1 aromatic heterocycles. The van der Waals surface area contributed by atoms with Crippen LogP contribution in [-0.2, 0) is 11.3 Å². The van der Waals surface area contributed by atoms with E-state index in [-0.39, 0.29) is 0 Å². The minimum atomic E-state index is 0.323. The minimum absolute atomic E-state index is 0.323. The van der Waals surface area contributed by atoms with E-state index >= 15 is 0 Å². The van der Waals surface area contributed by atoms with Gasteiger partial charge in [-0.05, 0) is 38.9 Å². The van der Waals surface area contributed by atoms with Gasteiger partial charge in [0.1, 0.15) is 5.82 Å². The summed E-state index contributed by atoms with van der Waals surface area (Å²) in [6.07, 6.45) is 2.61. The molecule has 1 saturated heterocycles. The molecule has 4 nitrogen and oxygen atoms in total. The Morgan fingerprint density at radius 3 is 3.11 bits per heavy atom. The number of nitrogens with zero attached hydrogens (tertiary/aromatic N) is 2. The zero-order chi connectivity index (χ0) is 13.7. The summed E-state index contributed by atoms with van der Waals surface area (Å²) < 4.78 is 5.73. The summed E-state index contributed by atoms with van der Waals surface area (Å²) in [6.45, 7) is 5.47. The van der Waals surface area contributed by atoms with Crippen molar-refractivity contribution < 1.29 is 4.74 Å². The van der Waals surface area contributed by atoms with Crippen LogP contribution in [0.5, 0.6) is 0 Å². The summed E-state index contributed by atoms with van der Waals surface area (Å²) in [5, 5.41) is 3.81. The van der Waals surface area contributed by atoms with Gasteiger partial charge in [-0.3, -0.25) is 0 Å². The first-order valence-electron chi connectivity index (χ1n) is 6.91. The summed E-state index contributed by atoms with van der Waals surface area (Å²) >= 11 is 6.15. The second kappa shape index (κ2) is 7.08. The second-order valence-electron chi connectivity index (χ2n) is 4.79. The van der Waals surface area contributed by atoms with Gasteiger partial charge < -0.3 is 15.0 Å². The standard InChI is InChI=1S/C14H22ClN3O/c1-3-19-11-5-4-8-18(10-11)14-7-6-12(15)13(17-14)9-16-2/h6-7,11,16H,3-5,8-10H2,1-2H3. The highest BCUT2D eigenvalue weighted by molar-refractivity contribution is 6.31. The Bertz CT molecular complexity index is 412. The number of halogens is 1. The lowest BCUT2D eigenvalue weighted by Gasteiger charge is -2.33. The average molecular weight is 284 g/mol. The van der Waals surface area contributed by atoms with E-state index in [0.717, 1.165) is 49.1 Å². The maximum atomic E-state index is 6.15. The summed E-state index contributed by atoms with van der Waals surface area (Å²) in [7, 11) is 1.90. The summed E-state index contributed by atoms with van der Waals surface area (Å²) in [6, 6.07) is 3.93. The SMILES string of the molecule is CCOC1CCCN(c2ccc(Cl)c(CNC)n2)C1. The Balaban J connectivity index is 2.10. The predicted molar refractivity (Wildman–Crippen MR) is 78.9 cm³/mol. The molecule has 0 radical (unpaired) electrons. The maximum absolute atomic E-state index is 6.15. The molecule has 5 heteroatoms. The van der Waals surface area contributed by atoms with Crippen LogP contribution in [0.25, 0.3) is 0 Å². The molecular formula is C14H22ClN3O. The molecule has 0 aliphatic carbocycles. The normalized spacial score (nSPS) is 19.7. The number of piperidine rings is 1. The van der Waals surface area contributed by atoms with Crippen molar-refractivity contribution in [3.05, 3.63) is 22.8 Å². The van der Waals surface area contributed by atoms with Crippen molar-refractivity contribution in [1.82, 2.24) is 10.3 Å². The van der Waals surface area contributed by atoms with Gasteiger partial charge >= 0.3 is 0 Å². The lowest BCUT2D eigenvalue weighted by atomic mass is 10.1. The lowest BCUT2D eigenvalue weighted by Crippen LogP contribution is -2.40. The molecule has 1 aromatic rings. The Morgan fingerprint density at radius 1 is 1.53 bits per heavy atom. The van der Waals surface area contributed by atoms with E-state index < -0.39 is 0 Å². The highest BCUT2D eigenvalue weighted by Gasteiger charge is 2.21. The number of hydrogen-bond donors (Lipinski definition) is 1. The van der Waals surface area contributed by atoms with Crippen molar-refractivity contribution in [2.45, 2.75) is 32.4 Å². The first kappa shape index (κ1) is 14.6. The monoisotopic (exact) mass is 283 g/mol. The van der Waals surface area contributed by atoms with Crippen molar-refractivity contribution in [1.29, 1.82) is 0 Å². The summed E-state index contributed by atoms with van der Waals surface area (Å²) in [4.78, 5) is 6.95. The molecule has 0 amide bonds. The Kier molecular flexibility index (Phi) is 5.43. The third-order valence-corrected chi connectivity index (χ3v) is 3.70. The van der Waals surface area contributed by atoms with Crippen molar-refractivity contribution in [3.8, 4) is 0 Å². The quantitative estimate of drug-likeness (QED) is 0.901. The van der Waals surface area contributed by atoms with Crippen LogP contribution in [0, 0.1) is 0 Å². The number of pyridine rings is 1. The highest BCUT2D eigenvalue weighted by atomic mass is 35.5. The Morgan fingerprint density at radius 2 is 2.37 bits per heavy atom. The minimum Gasteiger partial charge on any atom is -0.377 e. The molecule has 1 aliphatic rings. The van der Waals surface area contributed by atoms with E-state index in [0.29, 0.717) is 12.6 Å². The average Bonchev–Trinajstić information content (AvgIpc) is 2.42. The lowest BCUT2D eigenvalue weighted by molar-refractivity contribution is 0.0525. The van der Waals surface area contributed by atoms with Crippen molar-refractivity contribution in [3.63, 3.8) is 0 Å². The largest absolute Gasteiger partial charge is 0.377 e. The third-order valence-electron chi connectivity index (χ3n) is 3.35. The molecule has 1 atom stereocenters. The van der Waals surface area contributed by atoms with Crippen LogP contribution in [0.1, 0.15) is 25.5 Å². The van der Waals surface area contributed by atoms with Gasteiger partial charge in [0.25, 0.3) is 0 Å². The molecule has 19 heavy (non-hydrogen) atoms. The molecule has 106 valence electrons. The fourth-order valence-corrected chi connectivity index (χ4v) is 2.63. The topological polar surface area (TPSA) is 37.4 Å². The van der Waals surface area contributed by atoms with Gasteiger partial charge in [-0.1, -0.05) is 11.6 Å². The first-order chi connectivity index (χ1) is 9.24. The number of rotatable bonds is 5. The van der Waals surface area contributed by atoms with E-state index in [1.807, 2.05) is 26.1 Å². The first-order valence-corrected chi connectivity index (χ1v) is 7.29. The fraction of sp³-hybridized carbons (Fsp3) is 0.643. The number of anilines is 1. The van der Waals surface area contributed by atoms with Crippen molar-refractivity contribution >= 4 is 17.4 Å². The van der Waals surface area contributed by atoms with Crippen LogP contribution in [0.4, 0.5) is 5.82 Å². The molecule has 0 bridgehead atoms. The van der Waals surface area contributed by atoms with E-state index in [1.165, 1.54) is 0 Å². The summed E-state index contributed by atoms with van der Waals surface area (Å²) in [5.41, 5.74) is 0.903. The zero-order valence-corrected chi connectivity index (χ0v) is 12.4.